The van der Waals surface area contributed by atoms with Gasteiger partial charge in [-0.2, -0.15) is 0 Å². The molecule has 1 amide bonds. The minimum atomic E-state index is 0.0931. The van der Waals surface area contributed by atoms with Crippen molar-refractivity contribution in [2.24, 2.45) is 5.73 Å². The largest absolute Gasteiger partial charge is 0.339 e. The monoisotopic (exact) mass is 220 g/mol. The third-order valence-electron chi connectivity index (χ3n) is 2.89. The minimum absolute atomic E-state index is 0.0931. The highest BCUT2D eigenvalue weighted by atomic mass is 16.2. The van der Waals surface area contributed by atoms with E-state index in [-0.39, 0.29) is 11.9 Å². The van der Waals surface area contributed by atoms with Crippen molar-refractivity contribution in [1.29, 1.82) is 0 Å². The molecule has 0 radical (unpaired) electrons. The van der Waals surface area contributed by atoms with E-state index in [1.165, 1.54) is 5.56 Å². The topological polar surface area (TPSA) is 46.3 Å². The Morgan fingerprint density at radius 2 is 1.94 bits per heavy atom. The van der Waals surface area contributed by atoms with Crippen molar-refractivity contribution in [2.75, 3.05) is 13.6 Å². The number of carbonyl (C=O) groups excluding carboxylic acids is 1. The van der Waals surface area contributed by atoms with Crippen LogP contribution in [0, 0.1) is 6.92 Å². The van der Waals surface area contributed by atoms with E-state index in [2.05, 4.69) is 31.2 Å². The van der Waals surface area contributed by atoms with E-state index in [0.29, 0.717) is 13.0 Å². The normalized spacial score (nSPS) is 12.2. The number of nitrogens with two attached hydrogens (primary N) is 1. The molecule has 0 aliphatic carbocycles. The van der Waals surface area contributed by atoms with Gasteiger partial charge in [0.25, 0.3) is 0 Å². The van der Waals surface area contributed by atoms with Gasteiger partial charge in [-0.05, 0) is 19.4 Å². The van der Waals surface area contributed by atoms with Crippen LogP contribution in [0.3, 0.4) is 0 Å². The number of rotatable bonds is 4. The first-order valence-corrected chi connectivity index (χ1v) is 5.58. The minimum Gasteiger partial charge on any atom is -0.339 e. The number of nitrogens with zero attached hydrogens (tertiary/aromatic N) is 1. The summed E-state index contributed by atoms with van der Waals surface area (Å²) >= 11 is 0. The zero-order valence-corrected chi connectivity index (χ0v) is 10.2. The highest BCUT2D eigenvalue weighted by Gasteiger charge is 2.16. The average Bonchev–Trinajstić information content (AvgIpc) is 2.28. The number of benzene rings is 1. The van der Waals surface area contributed by atoms with Gasteiger partial charge in [0, 0.05) is 20.0 Å². The fourth-order valence-corrected chi connectivity index (χ4v) is 1.58. The first-order chi connectivity index (χ1) is 7.56. The molecule has 0 spiro atoms. The zero-order valence-electron chi connectivity index (χ0n) is 10.2. The molecule has 0 fully saturated rings. The Hall–Kier alpha value is -1.35. The van der Waals surface area contributed by atoms with Gasteiger partial charge in [-0.25, -0.2) is 0 Å². The Morgan fingerprint density at radius 3 is 2.44 bits per heavy atom. The van der Waals surface area contributed by atoms with E-state index >= 15 is 0 Å². The van der Waals surface area contributed by atoms with Gasteiger partial charge in [0.2, 0.25) is 5.91 Å². The fraction of sp³-hybridized carbons (Fsp3) is 0.462. The van der Waals surface area contributed by atoms with Gasteiger partial charge in [-0.3, -0.25) is 4.79 Å². The van der Waals surface area contributed by atoms with Gasteiger partial charge >= 0.3 is 0 Å². The lowest BCUT2D eigenvalue weighted by atomic mass is 10.1. The summed E-state index contributed by atoms with van der Waals surface area (Å²) in [5, 5.41) is 0. The smallest absolute Gasteiger partial charge is 0.224 e. The van der Waals surface area contributed by atoms with E-state index in [4.69, 9.17) is 5.73 Å². The molecule has 0 aliphatic heterocycles. The van der Waals surface area contributed by atoms with E-state index < -0.39 is 0 Å². The molecule has 0 heterocycles. The van der Waals surface area contributed by atoms with E-state index in [9.17, 15) is 4.79 Å². The van der Waals surface area contributed by atoms with Crippen molar-refractivity contribution in [1.82, 2.24) is 4.90 Å². The van der Waals surface area contributed by atoms with Crippen molar-refractivity contribution in [2.45, 2.75) is 26.3 Å². The van der Waals surface area contributed by atoms with Crippen molar-refractivity contribution in [3.05, 3.63) is 35.4 Å². The zero-order chi connectivity index (χ0) is 12.1. The van der Waals surface area contributed by atoms with Crippen LogP contribution in [0.1, 0.15) is 30.5 Å². The molecule has 1 aromatic rings. The molecule has 1 unspecified atom stereocenters. The van der Waals surface area contributed by atoms with E-state index in [0.717, 1.165) is 5.56 Å². The molecule has 16 heavy (non-hydrogen) atoms. The highest BCUT2D eigenvalue weighted by molar-refractivity contribution is 5.76. The molecule has 0 aliphatic rings. The summed E-state index contributed by atoms with van der Waals surface area (Å²) < 4.78 is 0. The second kappa shape index (κ2) is 5.66. The lowest BCUT2D eigenvalue weighted by molar-refractivity contribution is -0.131. The van der Waals surface area contributed by atoms with Crippen LogP contribution < -0.4 is 5.73 Å². The predicted molar refractivity (Wildman–Crippen MR) is 66.0 cm³/mol. The third-order valence-corrected chi connectivity index (χ3v) is 2.89. The van der Waals surface area contributed by atoms with Gasteiger partial charge in [0.05, 0.1) is 6.04 Å². The summed E-state index contributed by atoms with van der Waals surface area (Å²) in [6.45, 7) is 4.49. The van der Waals surface area contributed by atoms with Crippen LogP contribution in [-0.2, 0) is 4.79 Å². The molecule has 1 rings (SSSR count). The Labute approximate surface area is 97.2 Å². The molecule has 0 saturated heterocycles. The van der Waals surface area contributed by atoms with Crippen LogP contribution in [0.2, 0.25) is 0 Å². The van der Waals surface area contributed by atoms with Gasteiger partial charge in [0.1, 0.15) is 0 Å². The first-order valence-electron chi connectivity index (χ1n) is 5.58. The Kier molecular flexibility index (Phi) is 4.50. The molecule has 3 heteroatoms. The summed E-state index contributed by atoms with van der Waals surface area (Å²) in [5.41, 5.74) is 7.76. The highest BCUT2D eigenvalue weighted by Crippen LogP contribution is 2.19. The number of amides is 1. The van der Waals surface area contributed by atoms with Crippen molar-refractivity contribution >= 4 is 5.91 Å². The Morgan fingerprint density at radius 1 is 1.38 bits per heavy atom. The lowest BCUT2D eigenvalue weighted by Gasteiger charge is -2.25. The van der Waals surface area contributed by atoms with Crippen molar-refractivity contribution in [3.63, 3.8) is 0 Å². The molecule has 0 saturated carbocycles. The summed E-state index contributed by atoms with van der Waals surface area (Å²) in [4.78, 5) is 13.4. The molecule has 1 atom stereocenters. The maximum absolute atomic E-state index is 11.7. The van der Waals surface area contributed by atoms with Crippen LogP contribution >= 0.6 is 0 Å². The molecule has 0 aromatic heterocycles. The molecule has 3 nitrogen and oxygen atoms in total. The fourth-order valence-electron chi connectivity index (χ4n) is 1.58. The number of carbonyl (C=O) groups is 1. The number of hydrogen-bond donors (Lipinski definition) is 1. The predicted octanol–water partition coefficient (Wildman–Crippen LogP) is 1.86. The molecule has 1 aromatic carbocycles. The summed E-state index contributed by atoms with van der Waals surface area (Å²) in [5.74, 6) is 0.0931. The maximum atomic E-state index is 11.7. The third kappa shape index (κ3) is 3.07. The molecule has 88 valence electrons. The van der Waals surface area contributed by atoms with Gasteiger partial charge in [0.15, 0.2) is 0 Å². The van der Waals surface area contributed by atoms with Gasteiger partial charge < -0.3 is 10.6 Å². The van der Waals surface area contributed by atoms with Crippen LogP contribution in [0.25, 0.3) is 0 Å². The van der Waals surface area contributed by atoms with Gasteiger partial charge in [-0.15, -0.1) is 0 Å². The number of aryl methyl sites for hydroxylation is 1. The Bertz CT molecular complexity index is 345. The van der Waals surface area contributed by atoms with E-state index in [1.807, 2.05) is 14.0 Å². The summed E-state index contributed by atoms with van der Waals surface area (Å²) in [6.07, 6.45) is 0.409. The van der Waals surface area contributed by atoms with Crippen LogP contribution in [0.4, 0.5) is 0 Å². The van der Waals surface area contributed by atoms with Gasteiger partial charge in [-0.1, -0.05) is 29.8 Å². The Balaban J connectivity index is 2.73. The van der Waals surface area contributed by atoms with Crippen LogP contribution in [-0.4, -0.2) is 24.4 Å². The maximum Gasteiger partial charge on any atom is 0.224 e. The van der Waals surface area contributed by atoms with Crippen LogP contribution in [0.5, 0.6) is 0 Å². The average molecular weight is 220 g/mol. The first kappa shape index (κ1) is 12.7. The molecular weight excluding hydrogens is 200 g/mol. The number of hydrogen-bond acceptors (Lipinski definition) is 2. The second-order valence-electron chi connectivity index (χ2n) is 4.13. The molecule has 0 bridgehead atoms. The standard InChI is InChI=1S/C13H20N2O/c1-10-4-6-12(7-5-10)11(2)15(3)13(16)8-9-14/h4-7,11H,8-9,14H2,1-3H3. The second-order valence-corrected chi connectivity index (χ2v) is 4.13. The van der Waals surface area contributed by atoms with E-state index in [1.54, 1.807) is 4.90 Å². The summed E-state index contributed by atoms with van der Waals surface area (Å²) in [6, 6.07) is 8.35. The molecule has 2 N–H and O–H groups in total. The van der Waals surface area contributed by atoms with Crippen LogP contribution in [0.15, 0.2) is 24.3 Å². The SMILES string of the molecule is Cc1ccc(C(C)N(C)C(=O)CCN)cc1. The summed E-state index contributed by atoms with van der Waals surface area (Å²) in [7, 11) is 1.82. The quantitative estimate of drug-likeness (QED) is 0.842. The lowest BCUT2D eigenvalue weighted by Crippen LogP contribution is -2.31. The van der Waals surface area contributed by atoms with Crippen molar-refractivity contribution < 1.29 is 4.79 Å². The van der Waals surface area contributed by atoms with Crippen molar-refractivity contribution in [3.8, 4) is 0 Å². The molecular formula is C13H20N2O.